The first-order chi connectivity index (χ1) is 15.0. The Balaban J connectivity index is 1.66. The summed E-state index contributed by atoms with van der Waals surface area (Å²) in [4.78, 5) is 0.329. The maximum Gasteiger partial charge on any atom is 0.263 e. The zero-order valence-corrected chi connectivity index (χ0v) is 18.3. The van der Waals surface area contributed by atoms with E-state index in [1.807, 2.05) is 61.5 Å². The topological polar surface area (TPSA) is 37.4 Å². The van der Waals surface area contributed by atoms with Crippen LogP contribution in [0.15, 0.2) is 108 Å². The van der Waals surface area contributed by atoms with Crippen molar-refractivity contribution in [3.05, 3.63) is 119 Å². The average Bonchev–Trinajstić information content (AvgIpc) is 2.90. The molecule has 1 fully saturated rings. The van der Waals surface area contributed by atoms with Gasteiger partial charge in [-0.05, 0) is 60.2 Å². The molecule has 1 aliphatic heterocycles. The summed E-state index contributed by atoms with van der Waals surface area (Å²) in [6, 6.07) is 27.7. The zero-order valence-electron chi connectivity index (χ0n) is 17.5. The number of rotatable bonds is 4. The molecule has 0 aromatic heterocycles. The lowest BCUT2D eigenvalue weighted by Crippen LogP contribution is -2.47. The van der Waals surface area contributed by atoms with Gasteiger partial charge in [-0.3, -0.25) is 4.31 Å². The van der Waals surface area contributed by atoms with E-state index >= 15 is 0 Å². The summed E-state index contributed by atoms with van der Waals surface area (Å²) in [7, 11) is -3.66. The van der Waals surface area contributed by atoms with Crippen LogP contribution in [0.3, 0.4) is 0 Å². The maximum atomic E-state index is 13.6. The van der Waals surface area contributed by atoms with Crippen molar-refractivity contribution in [2.75, 3.05) is 6.54 Å². The van der Waals surface area contributed by atoms with Gasteiger partial charge in [-0.15, -0.1) is 0 Å². The highest BCUT2D eigenvalue weighted by Gasteiger charge is 2.48. The quantitative estimate of drug-likeness (QED) is 0.536. The molecule has 156 valence electrons. The van der Waals surface area contributed by atoms with Crippen LogP contribution in [-0.4, -0.2) is 19.3 Å². The summed E-state index contributed by atoms with van der Waals surface area (Å²) in [5.74, 6) is 0. The Kier molecular flexibility index (Phi) is 4.82. The zero-order chi connectivity index (χ0) is 21.5. The van der Waals surface area contributed by atoms with Gasteiger partial charge < -0.3 is 0 Å². The van der Waals surface area contributed by atoms with E-state index in [-0.39, 0.29) is 5.41 Å². The summed E-state index contributed by atoms with van der Waals surface area (Å²) < 4.78 is 28.7. The normalized spacial score (nSPS) is 20.7. The second kappa shape index (κ2) is 7.54. The molecule has 3 aromatic carbocycles. The molecule has 4 heteroatoms. The van der Waals surface area contributed by atoms with Gasteiger partial charge in [-0.1, -0.05) is 78.4 Å². The van der Waals surface area contributed by atoms with Crippen LogP contribution in [0.5, 0.6) is 0 Å². The molecule has 0 unspecified atom stereocenters. The second-order valence-corrected chi connectivity index (χ2v) is 10.3. The number of sulfonamides is 1. The van der Waals surface area contributed by atoms with Crippen molar-refractivity contribution in [3.8, 4) is 0 Å². The lowest BCUT2D eigenvalue weighted by Gasteiger charge is -2.47. The monoisotopic (exact) mass is 427 g/mol. The lowest BCUT2D eigenvalue weighted by molar-refractivity contribution is 0.306. The number of nitrogens with zero attached hydrogens (tertiary/aromatic N) is 1. The van der Waals surface area contributed by atoms with Gasteiger partial charge in [0.15, 0.2) is 0 Å². The van der Waals surface area contributed by atoms with Crippen molar-refractivity contribution in [2.24, 2.45) is 0 Å². The van der Waals surface area contributed by atoms with Crippen molar-refractivity contribution in [1.82, 2.24) is 4.31 Å². The van der Waals surface area contributed by atoms with E-state index in [0.717, 1.165) is 29.5 Å². The Bertz CT molecular complexity index is 1260. The predicted octanol–water partition coefficient (Wildman–Crippen LogP) is 5.70. The maximum absolute atomic E-state index is 13.6. The minimum absolute atomic E-state index is 0.312. The Morgan fingerprint density at radius 1 is 0.839 bits per heavy atom. The number of allylic oxidation sites excluding steroid dienone is 2. The van der Waals surface area contributed by atoms with Crippen LogP contribution in [0, 0.1) is 6.92 Å². The fraction of sp³-hybridized carbons (Fsp3) is 0.185. The van der Waals surface area contributed by atoms with Crippen LogP contribution >= 0.6 is 0 Å². The fourth-order valence-electron chi connectivity index (χ4n) is 4.76. The molecule has 1 saturated carbocycles. The number of fused-ring (bicyclic) bond motifs is 1. The molecule has 0 bridgehead atoms. The van der Waals surface area contributed by atoms with Gasteiger partial charge in [0, 0.05) is 18.2 Å². The predicted molar refractivity (Wildman–Crippen MR) is 125 cm³/mol. The summed E-state index contributed by atoms with van der Waals surface area (Å²) in [5, 5.41) is 0. The molecule has 1 atom stereocenters. The number of benzene rings is 3. The Hall–Kier alpha value is -3.11. The molecule has 0 radical (unpaired) electrons. The molecule has 0 amide bonds. The third kappa shape index (κ3) is 3.31. The SMILES string of the molecule is Cc1ccc(S(=O)(=O)N2C=CC(c3ccccc3)=C3CC[C@@]3(c3ccccc3)C2)cc1. The molecule has 2 aliphatic rings. The summed E-state index contributed by atoms with van der Waals surface area (Å²) in [6.07, 6.45) is 5.65. The number of hydrogen-bond acceptors (Lipinski definition) is 2. The van der Waals surface area contributed by atoms with Crippen LogP contribution < -0.4 is 0 Å². The van der Waals surface area contributed by atoms with Crippen molar-refractivity contribution >= 4 is 15.6 Å². The van der Waals surface area contributed by atoms with E-state index in [9.17, 15) is 8.42 Å². The van der Waals surface area contributed by atoms with Crippen molar-refractivity contribution in [1.29, 1.82) is 0 Å². The van der Waals surface area contributed by atoms with Crippen LogP contribution in [0.4, 0.5) is 0 Å². The highest BCUT2D eigenvalue weighted by molar-refractivity contribution is 7.89. The molecular weight excluding hydrogens is 402 g/mol. The van der Waals surface area contributed by atoms with Crippen LogP contribution in [0.1, 0.15) is 29.5 Å². The second-order valence-electron chi connectivity index (χ2n) is 8.39. The van der Waals surface area contributed by atoms with Crippen molar-refractivity contribution in [3.63, 3.8) is 0 Å². The van der Waals surface area contributed by atoms with Crippen molar-refractivity contribution in [2.45, 2.75) is 30.1 Å². The number of hydrogen-bond donors (Lipinski definition) is 0. The van der Waals surface area contributed by atoms with E-state index in [0.29, 0.717) is 11.4 Å². The first-order valence-electron chi connectivity index (χ1n) is 10.6. The van der Waals surface area contributed by atoms with Gasteiger partial charge in [-0.25, -0.2) is 8.42 Å². The van der Waals surface area contributed by atoms with Gasteiger partial charge in [0.2, 0.25) is 0 Å². The first kappa shape index (κ1) is 19.8. The lowest BCUT2D eigenvalue weighted by atomic mass is 9.59. The Morgan fingerprint density at radius 3 is 2.10 bits per heavy atom. The highest BCUT2D eigenvalue weighted by Crippen LogP contribution is 2.53. The van der Waals surface area contributed by atoms with E-state index < -0.39 is 10.0 Å². The minimum Gasteiger partial charge on any atom is -0.272 e. The van der Waals surface area contributed by atoms with Gasteiger partial charge >= 0.3 is 0 Å². The molecule has 5 rings (SSSR count). The van der Waals surface area contributed by atoms with Gasteiger partial charge in [0.25, 0.3) is 10.0 Å². The Morgan fingerprint density at radius 2 is 1.48 bits per heavy atom. The fourth-order valence-corrected chi connectivity index (χ4v) is 6.12. The first-order valence-corrected chi connectivity index (χ1v) is 12.1. The average molecular weight is 428 g/mol. The van der Waals surface area contributed by atoms with Crippen molar-refractivity contribution < 1.29 is 8.42 Å². The van der Waals surface area contributed by atoms with Crippen LogP contribution in [0.25, 0.3) is 5.57 Å². The van der Waals surface area contributed by atoms with E-state index in [1.54, 1.807) is 22.6 Å². The van der Waals surface area contributed by atoms with E-state index in [2.05, 4.69) is 24.3 Å². The summed E-state index contributed by atoms with van der Waals surface area (Å²) >= 11 is 0. The summed E-state index contributed by atoms with van der Waals surface area (Å²) in [5.41, 5.74) is 5.49. The molecule has 3 aromatic rings. The van der Waals surface area contributed by atoms with Gasteiger partial charge in [-0.2, -0.15) is 0 Å². The molecule has 3 nitrogen and oxygen atoms in total. The number of aryl methyl sites for hydroxylation is 1. The minimum atomic E-state index is -3.66. The molecule has 1 heterocycles. The van der Waals surface area contributed by atoms with Gasteiger partial charge in [0.05, 0.1) is 4.90 Å². The van der Waals surface area contributed by atoms with Gasteiger partial charge in [0.1, 0.15) is 0 Å². The molecule has 0 saturated heterocycles. The Labute approximate surface area is 184 Å². The molecule has 1 aliphatic carbocycles. The highest BCUT2D eigenvalue weighted by atomic mass is 32.2. The third-order valence-electron chi connectivity index (χ3n) is 6.58. The van der Waals surface area contributed by atoms with E-state index in [1.165, 1.54) is 11.1 Å². The summed E-state index contributed by atoms with van der Waals surface area (Å²) in [6.45, 7) is 2.37. The molecule has 0 spiro atoms. The standard InChI is InChI=1S/C27H25NO2S/c1-21-12-14-24(15-13-21)31(29,30)28-19-17-25(22-8-4-2-5-9-22)26-16-18-27(26,20-28)23-10-6-3-7-11-23/h2-15,17,19H,16,18,20H2,1H3/t27-/m0/s1. The van der Waals surface area contributed by atoms with E-state index in [4.69, 9.17) is 0 Å². The van der Waals surface area contributed by atoms with Crippen LogP contribution in [-0.2, 0) is 15.4 Å². The smallest absolute Gasteiger partial charge is 0.263 e. The third-order valence-corrected chi connectivity index (χ3v) is 8.31. The van der Waals surface area contributed by atoms with Crippen LogP contribution in [0.2, 0.25) is 0 Å². The molecular formula is C27H25NO2S. The largest absolute Gasteiger partial charge is 0.272 e. The molecule has 31 heavy (non-hydrogen) atoms. The molecule has 0 N–H and O–H groups in total.